The first-order chi connectivity index (χ1) is 12.5. The van der Waals surface area contributed by atoms with Crippen LogP contribution >= 0.6 is 22.9 Å². The summed E-state index contributed by atoms with van der Waals surface area (Å²) in [6.07, 6.45) is 1.09. The van der Waals surface area contributed by atoms with E-state index in [0.29, 0.717) is 39.1 Å². The van der Waals surface area contributed by atoms with Gasteiger partial charge in [0.15, 0.2) is 10.9 Å². The first-order valence-corrected chi connectivity index (χ1v) is 9.34. The van der Waals surface area contributed by atoms with Crippen LogP contribution in [0.15, 0.2) is 54.6 Å². The molecule has 3 aromatic rings. The molecule has 132 valence electrons. The fourth-order valence-electron chi connectivity index (χ4n) is 2.53. The largest absolute Gasteiger partial charge is 0.298 e. The number of nitrogens with one attached hydrogen (secondary N) is 1. The molecule has 0 spiro atoms. The topological polar surface area (TPSA) is 59.1 Å². The molecule has 0 radical (unpaired) electrons. The highest BCUT2D eigenvalue weighted by Gasteiger charge is 2.18. The van der Waals surface area contributed by atoms with E-state index in [1.165, 1.54) is 11.3 Å². The molecule has 2 aromatic carbocycles. The van der Waals surface area contributed by atoms with Gasteiger partial charge in [-0.3, -0.25) is 14.9 Å². The van der Waals surface area contributed by atoms with Crippen LogP contribution in [0, 0.1) is 6.92 Å². The van der Waals surface area contributed by atoms with Crippen LogP contribution in [-0.2, 0) is 6.42 Å². The lowest BCUT2D eigenvalue weighted by molar-refractivity contribution is 0.0984. The summed E-state index contributed by atoms with van der Waals surface area (Å²) in [5.41, 5.74) is 2.12. The number of aryl methyl sites for hydroxylation is 2. The molecule has 3 rings (SSSR count). The molecule has 1 N–H and O–H groups in total. The molecule has 0 aliphatic rings. The van der Waals surface area contributed by atoms with E-state index in [0.717, 1.165) is 5.56 Å². The standard InChI is InChI=1S/C20H17ClN2O2S/c1-13-18(17(24)12-11-14-7-3-2-4-8-14)26-20(22-13)23-19(25)15-9-5-6-10-16(15)21/h2-10H,11-12H2,1H3,(H,22,23,25). The van der Waals surface area contributed by atoms with E-state index in [4.69, 9.17) is 11.6 Å². The molecule has 0 aliphatic heterocycles. The van der Waals surface area contributed by atoms with Crippen molar-refractivity contribution in [3.05, 3.63) is 81.3 Å². The molecule has 0 unspecified atom stereocenters. The van der Waals surface area contributed by atoms with Gasteiger partial charge in [-0.15, -0.1) is 0 Å². The average Bonchev–Trinajstić information content (AvgIpc) is 3.01. The van der Waals surface area contributed by atoms with E-state index in [-0.39, 0.29) is 11.7 Å². The van der Waals surface area contributed by atoms with Gasteiger partial charge < -0.3 is 0 Å². The highest BCUT2D eigenvalue weighted by Crippen LogP contribution is 2.26. The summed E-state index contributed by atoms with van der Waals surface area (Å²) < 4.78 is 0. The van der Waals surface area contributed by atoms with Crippen molar-refractivity contribution in [1.82, 2.24) is 4.98 Å². The maximum Gasteiger partial charge on any atom is 0.258 e. The fraction of sp³-hybridized carbons (Fsp3) is 0.150. The van der Waals surface area contributed by atoms with Gasteiger partial charge >= 0.3 is 0 Å². The van der Waals surface area contributed by atoms with Gasteiger partial charge in [-0.25, -0.2) is 4.98 Å². The molecule has 1 amide bonds. The zero-order valence-corrected chi connectivity index (χ0v) is 15.7. The van der Waals surface area contributed by atoms with Gasteiger partial charge in [-0.2, -0.15) is 0 Å². The predicted molar refractivity (Wildman–Crippen MR) is 105 cm³/mol. The van der Waals surface area contributed by atoms with Crippen LogP contribution in [0.5, 0.6) is 0 Å². The number of ketones is 1. The highest BCUT2D eigenvalue weighted by atomic mass is 35.5. The summed E-state index contributed by atoms with van der Waals surface area (Å²) in [5.74, 6) is -0.310. The number of aromatic nitrogens is 1. The maximum atomic E-state index is 12.5. The van der Waals surface area contributed by atoms with Crippen molar-refractivity contribution >= 4 is 39.8 Å². The molecule has 0 saturated carbocycles. The van der Waals surface area contributed by atoms with Crippen LogP contribution in [0.4, 0.5) is 5.13 Å². The van der Waals surface area contributed by atoms with Gasteiger partial charge in [0.1, 0.15) is 0 Å². The van der Waals surface area contributed by atoms with Crippen LogP contribution in [0.2, 0.25) is 5.02 Å². The Kier molecular flexibility index (Phi) is 5.81. The van der Waals surface area contributed by atoms with E-state index in [2.05, 4.69) is 10.3 Å². The number of carbonyl (C=O) groups excluding carboxylic acids is 2. The number of nitrogens with zero attached hydrogens (tertiary/aromatic N) is 1. The van der Waals surface area contributed by atoms with Crippen LogP contribution < -0.4 is 5.32 Å². The minimum Gasteiger partial charge on any atom is -0.298 e. The van der Waals surface area contributed by atoms with Crippen molar-refractivity contribution in [2.45, 2.75) is 19.8 Å². The number of carbonyl (C=O) groups is 2. The van der Waals surface area contributed by atoms with Gasteiger partial charge in [0.05, 0.1) is 21.2 Å². The Hall–Kier alpha value is -2.50. The Morgan fingerprint density at radius 2 is 1.77 bits per heavy atom. The maximum absolute atomic E-state index is 12.5. The molecule has 6 heteroatoms. The summed E-state index contributed by atoms with van der Waals surface area (Å²) >= 11 is 7.24. The summed E-state index contributed by atoms with van der Waals surface area (Å²) in [5, 5.41) is 3.49. The zero-order valence-electron chi connectivity index (χ0n) is 14.2. The minimum atomic E-state index is -0.340. The quantitative estimate of drug-likeness (QED) is 0.596. The van der Waals surface area contributed by atoms with Crippen molar-refractivity contribution in [3.8, 4) is 0 Å². The number of hydrogen-bond donors (Lipinski definition) is 1. The molecular weight excluding hydrogens is 368 g/mol. The van der Waals surface area contributed by atoms with E-state index in [9.17, 15) is 9.59 Å². The lowest BCUT2D eigenvalue weighted by Crippen LogP contribution is -2.12. The van der Waals surface area contributed by atoms with Crippen LogP contribution in [0.1, 0.15) is 37.7 Å². The number of hydrogen-bond acceptors (Lipinski definition) is 4. The number of amides is 1. The third-order valence-electron chi connectivity index (χ3n) is 3.87. The number of benzene rings is 2. The second kappa shape index (κ2) is 8.25. The molecule has 0 saturated heterocycles. The summed E-state index contributed by atoms with van der Waals surface area (Å²) in [6, 6.07) is 16.7. The molecule has 1 aromatic heterocycles. The van der Waals surface area contributed by atoms with Gasteiger partial charge in [0.2, 0.25) is 0 Å². The fourth-order valence-corrected chi connectivity index (χ4v) is 3.68. The Morgan fingerprint density at radius 3 is 2.50 bits per heavy atom. The average molecular weight is 385 g/mol. The highest BCUT2D eigenvalue weighted by molar-refractivity contribution is 7.17. The zero-order chi connectivity index (χ0) is 18.5. The summed E-state index contributed by atoms with van der Waals surface area (Å²) in [4.78, 5) is 29.7. The van der Waals surface area contributed by atoms with Crippen molar-refractivity contribution in [2.24, 2.45) is 0 Å². The molecule has 1 heterocycles. The summed E-state index contributed by atoms with van der Waals surface area (Å²) in [7, 11) is 0. The van der Waals surface area contributed by atoms with E-state index >= 15 is 0 Å². The number of Topliss-reactive ketones (excluding diaryl/α,β-unsaturated/α-hetero) is 1. The molecule has 0 atom stereocenters. The summed E-state index contributed by atoms with van der Waals surface area (Å²) in [6.45, 7) is 1.78. The third-order valence-corrected chi connectivity index (χ3v) is 5.32. The minimum absolute atomic E-state index is 0.0297. The molecule has 0 bridgehead atoms. The second-order valence-corrected chi connectivity index (χ2v) is 7.18. The van der Waals surface area contributed by atoms with Gasteiger partial charge in [-0.05, 0) is 31.0 Å². The SMILES string of the molecule is Cc1nc(NC(=O)c2ccccc2Cl)sc1C(=O)CCc1ccccc1. The van der Waals surface area contributed by atoms with Crippen molar-refractivity contribution < 1.29 is 9.59 Å². The van der Waals surface area contributed by atoms with Crippen LogP contribution in [0.25, 0.3) is 0 Å². The van der Waals surface area contributed by atoms with Crippen molar-refractivity contribution in [2.75, 3.05) is 5.32 Å². The van der Waals surface area contributed by atoms with E-state index in [1.807, 2.05) is 30.3 Å². The van der Waals surface area contributed by atoms with E-state index in [1.54, 1.807) is 31.2 Å². The molecule has 4 nitrogen and oxygen atoms in total. The van der Waals surface area contributed by atoms with Gasteiger partial charge in [0, 0.05) is 6.42 Å². The molecule has 26 heavy (non-hydrogen) atoms. The lowest BCUT2D eigenvalue weighted by atomic mass is 10.1. The van der Waals surface area contributed by atoms with Gasteiger partial charge in [0.25, 0.3) is 5.91 Å². The lowest BCUT2D eigenvalue weighted by Gasteiger charge is -2.03. The van der Waals surface area contributed by atoms with Gasteiger partial charge in [-0.1, -0.05) is 65.4 Å². The number of anilines is 1. The Balaban J connectivity index is 1.67. The number of rotatable bonds is 6. The molecule has 0 fully saturated rings. The number of halogens is 1. The molecular formula is C20H17ClN2O2S. The van der Waals surface area contributed by atoms with Crippen LogP contribution in [-0.4, -0.2) is 16.7 Å². The monoisotopic (exact) mass is 384 g/mol. The third kappa shape index (κ3) is 4.36. The predicted octanol–water partition coefficient (Wildman–Crippen LogP) is 5.17. The first kappa shape index (κ1) is 18.3. The Bertz CT molecular complexity index is 938. The van der Waals surface area contributed by atoms with Crippen LogP contribution in [0.3, 0.4) is 0 Å². The second-order valence-electron chi connectivity index (χ2n) is 5.78. The molecule has 0 aliphatic carbocycles. The normalized spacial score (nSPS) is 10.5. The first-order valence-electron chi connectivity index (χ1n) is 8.15. The van der Waals surface area contributed by atoms with Crippen molar-refractivity contribution in [3.63, 3.8) is 0 Å². The number of thiazole rings is 1. The smallest absolute Gasteiger partial charge is 0.258 e. The van der Waals surface area contributed by atoms with E-state index < -0.39 is 0 Å². The Labute approximate surface area is 160 Å². The van der Waals surface area contributed by atoms with Crippen molar-refractivity contribution in [1.29, 1.82) is 0 Å². The Morgan fingerprint density at radius 1 is 1.08 bits per heavy atom.